The van der Waals surface area contributed by atoms with Crippen LogP contribution in [0.4, 0.5) is 5.69 Å². The van der Waals surface area contributed by atoms with Crippen LogP contribution >= 0.6 is 0 Å². The van der Waals surface area contributed by atoms with Gasteiger partial charge < -0.3 is 19.6 Å². The Morgan fingerprint density at radius 1 is 0.947 bits per heavy atom. The molecule has 0 fully saturated rings. The number of ether oxygens (including phenoxy) is 2. The number of anilines is 1. The van der Waals surface area contributed by atoms with Crippen molar-refractivity contribution in [1.82, 2.24) is 0 Å². The normalized spacial score (nSPS) is 10.6. The van der Waals surface area contributed by atoms with Crippen LogP contribution in [0.2, 0.25) is 0 Å². The second-order valence-electron chi connectivity index (χ2n) is 4.01. The van der Waals surface area contributed by atoms with E-state index in [9.17, 15) is 0 Å². The third-order valence-electron chi connectivity index (χ3n) is 2.76. The van der Waals surface area contributed by atoms with Crippen LogP contribution in [-0.2, 0) is 0 Å². The van der Waals surface area contributed by atoms with Gasteiger partial charge in [0, 0.05) is 10.9 Å². The molecule has 0 amide bonds. The van der Waals surface area contributed by atoms with Gasteiger partial charge in [0.05, 0.1) is 14.2 Å². The summed E-state index contributed by atoms with van der Waals surface area (Å²) >= 11 is 0. The Labute approximate surface area is 115 Å². The van der Waals surface area contributed by atoms with Crippen molar-refractivity contribution >= 4 is 20.6 Å². The van der Waals surface area contributed by atoms with Crippen LogP contribution in [0.1, 0.15) is 0 Å². The monoisotopic (exact) mass is 275 g/mol. The highest BCUT2D eigenvalue weighted by atomic mass is 28.2. The van der Waals surface area contributed by atoms with Crippen molar-refractivity contribution in [3.05, 3.63) is 42.5 Å². The number of rotatable bonds is 5. The Morgan fingerprint density at radius 3 is 2.32 bits per heavy atom. The van der Waals surface area contributed by atoms with Gasteiger partial charge in [-0.3, -0.25) is 0 Å². The van der Waals surface area contributed by atoms with Crippen LogP contribution < -0.4 is 24.8 Å². The molecular formula is C14H17NO3Si. The van der Waals surface area contributed by atoms with Gasteiger partial charge in [-0.2, -0.15) is 0 Å². The summed E-state index contributed by atoms with van der Waals surface area (Å²) in [4.78, 5) is 0. The minimum atomic E-state index is -0.938. The molecule has 100 valence electrons. The van der Waals surface area contributed by atoms with Crippen molar-refractivity contribution in [1.29, 1.82) is 0 Å². The molecule has 0 saturated heterocycles. The summed E-state index contributed by atoms with van der Waals surface area (Å²) in [6, 6.07) is 13.2. The average Bonchev–Trinajstić information content (AvgIpc) is 2.46. The van der Waals surface area contributed by atoms with E-state index < -0.39 is 9.76 Å². The zero-order valence-electron chi connectivity index (χ0n) is 11.1. The van der Waals surface area contributed by atoms with Gasteiger partial charge in [-0.1, -0.05) is 12.1 Å². The van der Waals surface area contributed by atoms with Crippen molar-refractivity contribution < 1.29 is 13.9 Å². The lowest BCUT2D eigenvalue weighted by molar-refractivity contribution is 0.357. The number of hydrogen-bond acceptors (Lipinski definition) is 4. The fourth-order valence-electron chi connectivity index (χ4n) is 1.79. The maximum atomic E-state index is 5.84. The van der Waals surface area contributed by atoms with Crippen molar-refractivity contribution in [3.63, 3.8) is 0 Å². The number of hydrogen-bond donors (Lipinski definition) is 1. The Hall–Kier alpha value is -2.14. The van der Waals surface area contributed by atoms with Crippen molar-refractivity contribution in [2.75, 3.05) is 20.0 Å². The second-order valence-corrected chi connectivity index (χ2v) is 5.35. The summed E-state index contributed by atoms with van der Waals surface area (Å²) in [6.07, 6.45) is 0. The quantitative estimate of drug-likeness (QED) is 0.655. The van der Waals surface area contributed by atoms with E-state index in [2.05, 4.69) is 0 Å². The van der Waals surface area contributed by atoms with Crippen molar-refractivity contribution in [3.8, 4) is 17.2 Å². The van der Waals surface area contributed by atoms with Crippen molar-refractivity contribution in [2.45, 2.75) is 0 Å². The molecule has 2 aromatic rings. The highest BCUT2D eigenvalue weighted by Crippen LogP contribution is 2.23. The third-order valence-corrected chi connectivity index (χ3v) is 4.10. The van der Waals surface area contributed by atoms with E-state index in [1.807, 2.05) is 42.5 Å². The minimum Gasteiger partial charge on any atom is -0.545 e. The molecule has 4 nitrogen and oxygen atoms in total. The third kappa shape index (κ3) is 3.20. The first-order valence-electron chi connectivity index (χ1n) is 5.93. The van der Waals surface area contributed by atoms with Crippen LogP contribution in [0.3, 0.4) is 0 Å². The van der Waals surface area contributed by atoms with Crippen molar-refractivity contribution in [2.24, 2.45) is 0 Å². The molecule has 0 bridgehead atoms. The number of nitrogens with two attached hydrogens (primary N) is 1. The molecule has 2 rings (SSSR count). The van der Waals surface area contributed by atoms with Gasteiger partial charge in [0.15, 0.2) is 11.5 Å². The Balaban J connectivity index is 2.13. The van der Waals surface area contributed by atoms with Crippen LogP contribution in [0.15, 0.2) is 42.5 Å². The van der Waals surface area contributed by atoms with E-state index >= 15 is 0 Å². The first kappa shape index (κ1) is 13.3. The predicted octanol–water partition coefficient (Wildman–Crippen LogP) is 1.07. The molecular weight excluding hydrogens is 258 g/mol. The molecule has 0 unspecified atom stereocenters. The van der Waals surface area contributed by atoms with E-state index in [1.54, 1.807) is 14.2 Å². The number of methoxy groups -OCH3 is 2. The van der Waals surface area contributed by atoms with E-state index in [4.69, 9.17) is 19.6 Å². The molecule has 5 heteroatoms. The zero-order valence-corrected chi connectivity index (χ0v) is 12.5. The molecule has 2 N–H and O–H groups in total. The number of para-hydroxylation sites is 1. The first-order valence-corrected chi connectivity index (χ1v) is 7.21. The van der Waals surface area contributed by atoms with E-state index in [0.717, 1.165) is 28.1 Å². The van der Waals surface area contributed by atoms with Gasteiger partial charge in [-0.15, -0.1) is 0 Å². The van der Waals surface area contributed by atoms with Gasteiger partial charge in [0.25, 0.3) is 9.76 Å². The molecule has 0 aliphatic carbocycles. The number of nitrogen functional groups attached to an aromatic ring is 1. The lowest BCUT2D eigenvalue weighted by Gasteiger charge is -2.13. The summed E-state index contributed by atoms with van der Waals surface area (Å²) < 4.78 is 16.5. The zero-order chi connectivity index (χ0) is 13.7. The Kier molecular flexibility index (Phi) is 4.30. The van der Waals surface area contributed by atoms with Crippen LogP contribution in [-0.4, -0.2) is 24.0 Å². The number of benzene rings is 2. The predicted molar refractivity (Wildman–Crippen MR) is 79.2 cm³/mol. The SMILES string of the molecule is COc1cccc([SiH2]Oc2ccc(N)cc2)c1OC. The molecule has 0 aromatic heterocycles. The fraction of sp³-hybridized carbons (Fsp3) is 0.143. The van der Waals surface area contributed by atoms with Crippen LogP contribution in [0, 0.1) is 0 Å². The minimum absolute atomic E-state index is 0.730. The standard InChI is InChI=1S/C14H17NO3Si/c1-16-12-4-3-5-13(14(12)17-2)19-18-11-8-6-10(15)7-9-11/h3-9H,15,19H2,1-2H3. The molecule has 0 saturated carbocycles. The molecule has 19 heavy (non-hydrogen) atoms. The largest absolute Gasteiger partial charge is 0.545 e. The summed E-state index contributed by atoms with van der Waals surface area (Å²) in [5.74, 6) is 2.31. The van der Waals surface area contributed by atoms with Gasteiger partial charge in [-0.25, -0.2) is 0 Å². The summed E-state index contributed by atoms with van der Waals surface area (Å²) in [7, 11) is 2.33. The summed E-state index contributed by atoms with van der Waals surface area (Å²) in [6.45, 7) is 0. The maximum absolute atomic E-state index is 5.84. The van der Waals surface area contributed by atoms with Gasteiger partial charge in [0.2, 0.25) is 0 Å². The van der Waals surface area contributed by atoms with E-state index in [0.29, 0.717) is 0 Å². The molecule has 0 atom stereocenters. The molecule has 0 aliphatic rings. The first-order chi connectivity index (χ1) is 9.24. The van der Waals surface area contributed by atoms with Gasteiger partial charge in [0.1, 0.15) is 5.75 Å². The maximum Gasteiger partial charge on any atom is 0.255 e. The van der Waals surface area contributed by atoms with Crippen LogP contribution in [0.5, 0.6) is 17.2 Å². The molecule has 0 radical (unpaired) electrons. The molecule has 0 heterocycles. The highest BCUT2D eigenvalue weighted by Gasteiger charge is 2.10. The van der Waals surface area contributed by atoms with Crippen LogP contribution in [0.25, 0.3) is 0 Å². The van der Waals surface area contributed by atoms with Gasteiger partial charge >= 0.3 is 0 Å². The summed E-state index contributed by atoms with van der Waals surface area (Å²) in [5.41, 5.74) is 6.37. The second kappa shape index (κ2) is 6.15. The fourth-order valence-corrected chi connectivity index (χ4v) is 2.99. The summed E-state index contributed by atoms with van der Waals surface area (Å²) in [5, 5.41) is 1.07. The average molecular weight is 275 g/mol. The lowest BCUT2D eigenvalue weighted by Crippen LogP contribution is -2.22. The van der Waals surface area contributed by atoms with Gasteiger partial charge in [-0.05, 0) is 30.3 Å². The van der Waals surface area contributed by atoms with E-state index in [1.165, 1.54) is 0 Å². The smallest absolute Gasteiger partial charge is 0.255 e. The molecule has 2 aromatic carbocycles. The highest BCUT2D eigenvalue weighted by molar-refractivity contribution is 6.49. The topological polar surface area (TPSA) is 53.7 Å². The molecule has 0 aliphatic heterocycles. The lowest BCUT2D eigenvalue weighted by atomic mass is 10.3. The van der Waals surface area contributed by atoms with E-state index in [-0.39, 0.29) is 0 Å². The Bertz CT molecular complexity index is 543. The Morgan fingerprint density at radius 2 is 1.68 bits per heavy atom. The molecule has 0 spiro atoms.